The molecule has 0 aromatic heterocycles. The van der Waals surface area contributed by atoms with Crippen LogP contribution < -0.4 is 5.32 Å². The van der Waals surface area contributed by atoms with Crippen molar-refractivity contribution in [3.63, 3.8) is 0 Å². The van der Waals surface area contributed by atoms with Crippen molar-refractivity contribution in [1.29, 1.82) is 0 Å². The molecule has 0 aliphatic carbocycles. The molecule has 4 heteroatoms. The van der Waals surface area contributed by atoms with E-state index >= 15 is 0 Å². The number of cyclic esters (lactones) is 1. The molecule has 1 aromatic carbocycles. The van der Waals surface area contributed by atoms with Gasteiger partial charge in [0.15, 0.2) is 0 Å². The topological polar surface area (TPSA) is 41.6 Å². The Kier molecular flexibility index (Phi) is 3.85. The molecule has 1 saturated heterocycles. The molecular weight excluding hydrogens is 252 g/mol. The Bertz CT molecular complexity index is 533. The molecule has 0 atom stereocenters. The summed E-state index contributed by atoms with van der Waals surface area (Å²) in [6.07, 6.45) is 1.66. The summed E-state index contributed by atoms with van der Waals surface area (Å²) >= 11 is 0. The number of esters is 1. The second kappa shape index (κ2) is 5.77. The quantitative estimate of drug-likeness (QED) is 0.844. The fraction of sp³-hybridized carbons (Fsp3) is 0.438. The molecule has 0 spiro atoms. The zero-order chi connectivity index (χ0) is 13.9. The lowest BCUT2D eigenvalue weighted by molar-refractivity contribution is 0.0600. The number of hydrogen-bond donors (Lipinski definition) is 1. The number of nitrogens with zero attached hydrogens (tertiary/aromatic N) is 1. The molecule has 0 unspecified atom stereocenters. The normalized spacial score (nSPS) is 19.6. The van der Waals surface area contributed by atoms with Gasteiger partial charge in [-0.1, -0.05) is 18.7 Å². The van der Waals surface area contributed by atoms with E-state index in [9.17, 15) is 4.79 Å². The zero-order valence-electron chi connectivity index (χ0n) is 11.7. The molecule has 1 aromatic rings. The summed E-state index contributed by atoms with van der Waals surface area (Å²) in [5.74, 6) is 0.270. The van der Waals surface area contributed by atoms with Crippen molar-refractivity contribution in [1.82, 2.24) is 10.2 Å². The van der Waals surface area contributed by atoms with Gasteiger partial charge in [0, 0.05) is 39.1 Å². The Balaban J connectivity index is 1.67. The van der Waals surface area contributed by atoms with E-state index in [1.165, 1.54) is 5.56 Å². The minimum atomic E-state index is -0.273. The highest BCUT2D eigenvalue weighted by molar-refractivity contribution is 5.93. The number of ether oxygens (including phenoxy) is 1. The summed E-state index contributed by atoms with van der Waals surface area (Å²) in [5.41, 5.74) is 3.01. The van der Waals surface area contributed by atoms with Crippen LogP contribution in [-0.4, -0.2) is 43.6 Å². The molecule has 1 fully saturated rings. The summed E-state index contributed by atoms with van der Waals surface area (Å²) in [6, 6.07) is 6.05. The van der Waals surface area contributed by atoms with Gasteiger partial charge in [-0.25, -0.2) is 4.79 Å². The molecule has 20 heavy (non-hydrogen) atoms. The van der Waals surface area contributed by atoms with E-state index in [0.717, 1.165) is 44.7 Å². The summed E-state index contributed by atoms with van der Waals surface area (Å²) < 4.78 is 5.06. The number of nitrogens with one attached hydrogen (secondary N) is 1. The molecule has 0 amide bonds. The van der Waals surface area contributed by atoms with Gasteiger partial charge in [0.05, 0.1) is 5.56 Å². The summed E-state index contributed by atoms with van der Waals surface area (Å²) in [5, 5.41) is 3.36. The van der Waals surface area contributed by atoms with E-state index < -0.39 is 0 Å². The first-order chi connectivity index (χ1) is 9.72. The van der Waals surface area contributed by atoms with Crippen LogP contribution in [-0.2, 0) is 17.6 Å². The number of benzene rings is 1. The second-order valence-electron chi connectivity index (χ2n) is 5.44. The lowest BCUT2D eigenvalue weighted by Gasteiger charge is -2.27. The minimum absolute atomic E-state index is 0.273. The Hall–Kier alpha value is -1.65. The van der Waals surface area contributed by atoms with Crippen LogP contribution in [0.15, 0.2) is 30.5 Å². The molecule has 4 nitrogen and oxygen atoms in total. The highest BCUT2D eigenvalue weighted by Crippen LogP contribution is 2.23. The van der Waals surface area contributed by atoms with Crippen molar-refractivity contribution in [3.8, 4) is 0 Å². The van der Waals surface area contributed by atoms with E-state index in [2.05, 4.69) is 22.9 Å². The predicted octanol–water partition coefficient (Wildman–Crippen LogP) is 1.36. The molecule has 106 valence electrons. The maximum Gasteiger partial charge on any atom is 0.343 e. The Morgan fingerprint density at radius 3 is 2.90 bits per heavy atom. The fourth-order valence-corrected chi connectivity index (χ4v) is 2.80. The highest BCUT2D eigenvalue weighted by atomic mass is 16.5. The Labute approximate surface area is 119 Å². The van der Waals surface area contributed by atoms with Crippen LogP contribution in [0.1, 0.15) is 21.5 Å². The monoisotopic (exact) mass is 272 g/mol. The lowest BCUT2D eigenvalue weighted by atomic mass is 9.97. The van der Waals surface area contributed by atoms with E-state index in [0.29, 0.717) is 17.7 Å². The second-order valence-corrected chi connectivity index (χ2v) is 5.44. The molecule has 0 radical (unpaired) electrons. The molecule has 0 bridgehead atoms. The van der Waals surface area contributed by atoms with E-state index in [1.807, 2.05) is 12.1 Å². The van der Waals surface area contributed by atoms with Crippen molar-refractivity contribution >= 4 is 5.97 Å². The van der Waals surface area contributed by atoms with Gasteiger partial charge in [0.25, 0.3) is 0 Å². The summed E-state index contributed by atoms with van der Waals surface area (Å²) in [4.78, 5) is 14.2. The van der Waals surface area contributed by atoms with Crippen LogP contribution in [0.25, 0.3) is 0 Å². The molecule has 0 saturated carbocycles. The third-order valence-electron chi connectivity index (χ3n) is 3.94. The van der Waals surface area contributed by atoms with Gasteiger partial charge in [-0.3, -0.25) is 0 Å². The third kappa shape index (κ3) is 2.92. The number of piperazine rings is 1. The van der Waals surface area contributed by atoms with E-state index in [1.54, 1.807) is 0 Å². The van der Waals surface area contributed by atoms with Gasteiger partial charge in [0.1, 0.15) is 5.76 Å². The standard InChI is InChI=1S/C16H20N2O2/c1-12-10-14-11-13(2-3-15(14)16(19)20-12)4-7-18-8-5-17-6-9-18/h2-3,11,17H,1,4-10H2. The average molecular weight is 272 g/mol. The average Bonchev–Trinajstić information content (AvgIpc) is 2.45. The van der Waals surface area contributed by atoms with Crippen LogP contribution in [0, 0.1) is 0 Å². The maximum atomic E-state index is 11.7. The van der Waals surface area contributed by atoms with Crippen LogP contribution in [0.4, 0.5) is 0 Å². The minimum Gasteiger partial charge on any atom is -0.428 e. The first-order valence-corrected chi connectivity index (χ1v) is 7.17. The highest BCUT2D eigenvalue weighted by Gasteiger charge is 2.21. The summed E-state index contributed by atoms with van der Waals surface area (Å²) in [6.45, 7) is 9.23. The third-order valence-corrected chi connectivity index (χ3v) is 3.94. The smallest absolute Gasteiger partial charge is 0.343 e. The van der Waals surface area contributed by atoms with Crippen molar-refractivity contribution in [2.24, 2.45) is 0 Å². The fourth-order valence-electron chi connectivity index (χ4n) is 2.80. The Morgan fingerprint density at radius 1 is 1.30 bits per heavy atom. The van der Waals surface area contributed by atoms with Crippen molar-refractivity contribution < 1.29 is 9.53 Å². The largest absolute Gasteiger partial charge is 0.428 e. The molecule has 2 aliphatic heterocycles. The summed E-state index contributed by atoms with van der Waals surface area (Å²) in [7, 11) is 0. The molecular formula is C16H20N2O2. The number of rotatable bonds is 3. The van der Waals surface area contributed by atoms with E-state index in [-0.39, 0.29) is 5.97 Å². The van der Waals surface area contributed by atoms with Gasteiger partial charge in [-0.2, -0.15) is 0 Å². The van der Waals surface area contributed by atoms with Gasteiger partial charge < -0.3 is 15.0 Å². The van der Waals surface area contributed by atoms with Crippen LogP contribution in [0.5, 0.6) is 0 Å². The van der Waals surface area contributed by atoms with Gasteiger partial charge in [-0.05, 0) is 23.6 Å². The van der Waals surface area contributed by atoms with Crippen LogP contribution in [0.2, 0.25) is 0 Å². The van der Waals surface area contributed by atoms with E-state index in [4.69, 9.17) is 4.74 Å². The number of carbonyl (C=O) groups excluding carboxylic acids is 1. The number of hydrogen-bond acceptors (Lipinski definition) is 4. The number of carbonyl (C=O) groups is 1. The molecule has 2 aliphatic rings. The van der Waals surface area contributed by atoms with Gasteiger partial charge in [-0.15, -0.1) is 0 Å². The van der Waals surface area contributed by atoms with Crippen molar-refractivity contribution in [2.45, 2.75) is 12.8 Å². The zero-order valence-corrected chi connectivity index (χ0v) is 11.7. The predicted molar refractivity (Wildman–Crippen MR) is 77.7 cm³/mol. The molecule has 2 heterocycles. The van der Waals surface area contributed by atoms with Crippen molar-refractivity contribution in [2.75, 3.05) is 32.7 Å². The molecule has 1 N–H and O–H groups in total. The first kappa shape index (κ1) is 13.3. The van der Waals surface area contributed by atoms with Gasteiger partial charge >= 0.3 is 5.97 Å². The van der Waals surface area contributed by atoms with Gasteiger partial charge in [0.2, 0.25) is 0 Å². The number of allylic oxidation sites excluding steroid dienone is 1. The first-order valence-electron chi connectivity index (χ1n) is 7.17. The SMILES string of the molecule is C=C1Cc2cc(CCN3CCNCC3)ccc2C(=O)O1. The molecule has 3 rings (SSSR count). The maximum absolute atomic E-state index is 11.7. The van der Waals surface area contributed by atoms with Crippen LogP contribution in [0.3, 0.4) is 0 Å². The van der Waals surface area contributed by atoms with Crippen LogP contribution >= 0.6 is 0 Å². The Morgan fingerprint density at radius 2 is 2.10 bits per heavy atom. The van der Waals surface area contributed by atoms with Crippen molar-refractivity contribution in [3.05, 3.63) is 47.2 Å². The lowest BCUT2D eigenvalue weighted by Crippen LogP contribution is -2.44. The number of fused-ring (bicyclic) bond motifs is 1.